The molecule has 57 heavy (non-hydrogen) atoms. The van der Waals surface area contributed by atoms with E-state index in [4.69, 9.17) is 19.4 Å². The highest BCUT2D eigenvalue weighted by Crippen LogP contribution is 2.58. The number of pyridine rings is 1. The van der Waals surface area contributed by atoms with Crippen molar-refractivity contribution in [2.24, 2.45) is 23.2 Å². The number of carbonyl (C=O) groups is 3. The Kier molecular flexibility index (Phi) is 10.7. The van der Waals surface area contributed by atoms with E-state index in [0.29, 0.717) is 54.9 Å². The fourth-order valence-electron chi connectivity index (χ4n) is 8.60. The van der Waals surface area contributed by atoms with Crippen molar-refractivity contribution in [2.45, 2.75) is 95.8 Å². The fraction of sp³-hybridized carbons (Fsp3) is 0.477. The Hall–Kier alpha value is -4.62. The number of aromatic nitrogens is 2. The van der Waals surface area contributed by atoms with Gasteiger partial charge in [-0.2, -0.15) is 0 Å². The summed E-state index contributed by atoms with van der Waals surface area (Å²) in [7, 11) is -2.19. The van der Waals surface area contributed by atoms with Crippen LogP contribution in [0, 0.1) is 30.1 Å². The first-order valence-electron chi connectivity index (χ1n) is 20.1. The van der Waals surface area contributed by atoms with Gasteiger partial charge in [-0.05, 0) is 94.4 Å². The third-order valence-electron chi connectivity index (χ3n) is 12.2. The molecule has 4 aromatic rings. The number of aryl methyl sites for hydroxylation is 1. The number of benzene rings is 2. The number of ether oxygens (including phenoxy) is 2. The molecule has 0 unspecified atom stereocenters. The zero-order valence-electron chi connectivity index (χ0n) is 32.9. The molecule has 2 aromatic carbocycles. The van der Waals surface area contributed by atoms with Crippen LogP contribution in [0.25, 0.3) is 21.6 Å². The van der Waals surface area contributed by atoms with Crippen LogP contribution in [0.2, 0.25) is 0 Å². The number of fused-ring (bicyclic) bond motifs is 3. The summed E-state index contributed by atoms with van der Waals surface area (Å²) in [5.74, 6) is -1.18. The van der Waals surface area contributed by atoms with E-state index in [-0.39, 0.29) is 36.4 Å². The highest BCUT2D eigenvalue weighted by Gasteiger charge is 2.62. The van der Waals surface area contributed by atoms with E-state index in [1.807, 2.05) is 73.0 Å². The van der Waals surface area contributed by atoms with Gasteiger partial charge in [-0.3, -0.25) is 19.1 Å². The lowest BCUT2D eigenvalue weighted by Crippen LogP contribution is -2.43. The van der Waals surface area contributed by atoms with Crippen LogP contribution in [0.1, 0.15) is 88.8 Å². The number of thiazole rings is 1. The van der Waals surface area contributed by atoms with Gasteiger partial charge in [0.2, 0.25) is 21.8 Å². The molecule has 0 spiro atoms. The number of hydrogen-bond acceptors (Lipinski definition) is 10. The standard InChI is InChI=1S/C44H50N4O7S2/c1-26(2)36-25-56-41(46-36)35-22-39(32-17-18-38(54-4)27(3)40(32)45-35)55-30-20-33-34(21-30)42(50)48(29-13-9-7-10-14-29)19-11-6-5-8-12-28-23-44(28,24-37(33)49)43(51)47-57(52,53)31-15-16-31/h7-10,12-14,17-18,22,25-26,28,30-31,33-34H,5-6,11,15-16,19-21,23-24H2,1-4H3,(H,47,51)/b12-8-/t28-,30+,33+,34+,44+/m0/s1. The summed E-state index contributed by atoms with van der Waals surface area (Å²) in [6, 6.07) is 15.3. The van der Waals surface area contributed by atoms with E-state index in [1.54, 1.807) is 12.0 Å². The van der Waals surface area contributed by atoms with Crippen molar-refractivity contribution >= 4 is 55.5 Å². The first-order chi connectivity index (χ1) is 27.4. The van der Waals surface area contributed by atoms with E-state index in [2.05, 4.69) is 18.6 Å². The molecule has 0 saturated heterocycles. The Balaban J connectivity index is 1.16. The maximum Gasteiger partial charge on any atom is 0.240 e. The Morgan fingerprint density at radius 3 is 2.51 bits per heavy atom. The number of nitrogens with zero attached hydrogens (tertiary/aromatic N) is 3. The van der Waals surface area contributed by atoms with Crippen molar-refractivity contribution in [3.8, 4) is 22.2 Å². The number of anilines is 1. The Morgan fingerprint density at radius 1 is 1.02 bits per heavy atom. The minimum Gasteiger partial charge on any atom is -0.496 e. The molecule has 3 aliphatic carbocycles. The maximum absolute atomic E-state index is 14.9. The lowest BCUT2D eigenvalue weighted by atomic mass is 9.83. The number of para-hydroxylation sites is 1. The van der Waals surface area contributed by atoms with Gasteiger partial charge >= 0.3 is 0 Å². The summed E-state index contributed by atoms with van der Waals surface area (Å²) in [6.45, 7) is 6.66. The summed E-state index contributed by atoms with van der Waals surface area (Å²) in [5.41, 5.74) is 2.79. The number of nitrogens with one attached hydrogen (secondary N) is 1. The SMILES string of the molecule is COc1ccc2c(O[C@@H]3C[C@H]4C(=O)C[C@]5(C(=O)NS(=O)(=O)C6CC6)C[C@@H]5/C=C\CCCCN(c5ccccc5)C(=O)[C@@H]4C3)cc(-c3nc(C(C)C)cs3)nc2c1C. The zero-order valence-corrected chi connectivity index (χ0v) is 34.5. The monoisotopic (exact) mass is 810 g/mol. The van der Waals surface area contributed by atoms with E-state index >= 15 is 0 Å². The second-order valence-electron chi connectivity index (χ2n) is 16.5. The first-order valence-corrected chi connectivity index (χ1v) is 22.5. The van der Waals surface area contributed by atoms with Gasteiger partial charge in [0, 0.05) is 47.0 Å². The summed E-state index contributed by atoms with van der Waals surface area (Å²) in [5, 5.41) is 3.01. The lowest BCUT2D eigenvalue weighted by Gasteiger charge is -2.29. The smallest absolute Gasteiger partial charge is 0.240 e. The number of hydrogen-bond donors (Lipinski definition) is 1. The maximum atomic E-state index is 14.9. The molecule has 5 atom stereocenters. The molecular weight excluding hydrogens is 761 g/mol. The normalized spacial score (nSPS) is 26.1. The third kappa shape index (κ3) is 7.84. The Morgan fingerprint density at radius 2 is 1.79 bits per heavy atom. The summed E-state index contributed by atoms with van der Waals surface area (Å²) >= 11 is 1.52. The van der Waals surface area contributed by atoms with Gasteiger partial charge in [-0.15, -0.1) is 11.3 Å². The predicted molar refractivity (Wildman–Crippen MR) is 221 cm³/mol. The summed E-state index contributed by atoms with van der Waals surface area (Å²) < 4.78 is 40.8. The topological polar surface area (TPSA) is 145 Å². The molecule has 13 heteroatoms. The minimum absolute atomic E-state index is 0.148. The molecular formula is C44H50N4O7S2. The number of rotatable bonds is 9. The molecule has 3 heterocycles. The van der Waals surface area contributed by atoms with Crippen LogP contribution in [-0.4, -0.2) is 61.0 Å². The molecule has 3 saturated carbocycles. The summed E-state index contributed by atoms with van der Waals surface area (Å²) in [6.07, 6.45) is 7.65. The average Bonchev–Trinajstić information content (AvgIpc) is 4.07. The number of carbonyl (C=O) groups excluding carboxylic acids is 3. The number of ketones is 1. The summed E-state index contributed by atoms with van der Waals surface area (Å²) in [4.78, 5) is 55.2. The number of sulfonamides is 1. The van der Waals surface area contributed by atoms with Crippen LogP contribution in [0.15, 0.2) is 66.1 Å². The van der Waals surface area contributed by atoms with Crippen molar-refractivity contribution in [2.75, 3.05) is 18.6 Å². The van der Waals surface area contributed by atoms with Crippen LogP contribution < -0.4 is 19.1 Å². The quantitative estimate of drug-likeness (QED) is 0.167. The molecule has 0 bridgehead atoms. The largest absolute Gasteiger partial charge is 0.496 e. The molecule has 11 nitrogen and oxygen atoms in total. The molecule has 2 amide bonds. The molecule has 300 valence electrons. The van der Waals surface area contributed by atoms with Crippen LogP contribution in [-0.2, 0) is 24.4 Å². The van der Waals surface area contributed by atoms with Crippen LogP contribution in [0.3, 0.4) is 0 Å². The zero-order chi connectivity index (χ0) is 40.1. The predicted octanol–water partition coefficient (Wildman–Crippen LogP) is 7.92. The van der Waals surface area contributed by atoms with Gasteiger partial charge in [-0.1, -0.05) is 44.2 Å². The van der Waals surface area contributed by atoms with Crippen LogP contribution >= 0.6 is 11.3 Å². The highest BCUT2D eigenvalue weighted by atomic mass is 32.2. The van der Waals surface area contributed by atoms with Gasteiger partial charge < -0.3 is 14.4 Å². The van der Waals surface area contributed by atoms with E-state index in [9.17, 15) is 22.8 Å². The second-order valence-corrected chi connectivity index (χ2v) is 19.3. The molecule has 3 fully saturated rings. The van der Waals surface area contributed by atoms with Crippen molar-refractivity contribution in [1.29, 1.82) is 0 Å². The van der Waals surface area contributed by atoms with Gasteiger partial charge in [0.05, 0.1) is 34.9 Å². The fourth-order valence-corrected chi connectivity index (χ4v) is 10.9. The van der Waals surface area contributed by atoms with Gasteiger partial charge in [-0.25, -0.2) is 18.4 Å². The van der Waals surface area contributed by atoms with Gasteiger partial charge in [0.25, 0.3) is 0 Å². The number of Topliss-reactive ketones (excluding diaryl/α,β-unsaturated/α-hetero) is 1. The first kappa shape index (κ1) is 39.2. The van der Waals surface area contributed by atoms with Crippen molar-refractivity contribution < 1.29 is 32.3 Å². The second kappa shape index (κ2) is 15.6. The van der Waals surface area contributed by atoms with E-state index < -0.39 is 44.5 Å². The average molecular weight is 811 g/mol. The molecule has 1 aliphatic heterocycles. The Bertz CT molecular complexity index is 2340. The number of amides is 2. The van der Waals surface area contributed by atoms with Gasteiger partial charge in [0.1, 0.15) is 34.1 Å². The molecule has 0 radical (unpaired) electrons. The third-order valence-corrected chi connectivity index (χ3v) is 14.9. The van der Waals surface area contributed by atoms with Crippen LogP contribution in [0.5, 0.6) is 11.5 Å². The minimum atomic E-state index is -3.82. The molecule has 1 N–H and O–H groups in total. The van der Waals surface area contributed by atoms with Crippen molar-refractivity contribution in [3.63, 3.8) is 0 Å². The molecule has 8 rings (SSSR count). The highest BCUT2D eigenvalue weighted by molar-refractivity contribution is 7.90. The van der Waals surface area contributed by atoms with Crippen molar-refractivity contribution in [3.05, 3.63) is 77.3 Å². The molecule has 4 aliphatic rings. The molecule has 2 aromatic heterocycles. The lowest BCUT2D eigenvalue weighted by molar-refractivity contribution is -0.134. The Labute approximate surface area is 338 Å². The van der Waals surface area contributed by atoms with Crippen LogP contribution in [0.4, 0.5) is 5.69 Å². The van der Waals surface area contributed by atoms with E-state index in [1.165, 1.54) is 11.3 Å². The van der Waals surface area contributed by atoms with E-state index in [0.717, 1.165) is 46.6 Å². The number of allylic oxidation sites excluding steroid dienone is 2. The van der Waals surface area contributed by atoms with Crippen molar-refractivity contribution in [1.82, 2.24) is 14.7 Å². The van der Waals surface area contributed by atoms with Gasteiger partial charge in [0.15, 0.2) is 0 Å². The number of methoxy groups -OCH3 is 1.